The van der Waals surface area contributed by atoms with Gasteiger partial charge in [0.05, 0.1) is 10.6 Å². The molecule has 1 aliphatic rings. The third-order valence-electron chi connectivity index (χ3n) is 4.25. The van der Waals surface area contributed by atoms with Gasteiger partial charge in [-0.2, -0.15) is 0 Å². The maximum Gasteiger partial charge on any atom is 0.271 e. The van der Waals surface area contributed by atoms with Crippen molar-refractivity contribution in [1.82, 2.24) is 4.98 Å². The number of benzene rings is 2. The van der Waals surface area contributed by atoms with Crippen LogP contribution in [0.3, 0.4) is 0 Å². The summed E-state index contributed by atoms with van der Waals surface area (Å²) >= 11 is 7.50. The molecule has 2 aromatic carbocycles. The molecule has 1 amide bonds. The van der Waals surface area contributed by atoms with E-state index in [9.17, 15) is 4.79 Å². The van der Waals surface area contributed by atoms with Crippen LogP contribution >= 0.6 is 23.4 Å². The zero-order chi connectivity index (χ0) is 19.5. The van der Waals surface area contributed by atoms with Crippen LogP contribution < -0.4 is 4.90 Å². The van der Waals surface area contributed by atoms with Crippen LogP contribution in [-0.4, -0.2) is 16.1 Å². The lowest BCUT2D eigenvalue weighted by Gasteiger charge is -2.15. The molecule has 0 bridgehead atoms. The van der Waals surface area contributed by atoms with E-state index in [-0.39, 0.29) is 5.91 Å². The molecule has 0 saturated carbocycles. The molecule has 0 aliphatic carbocycles. The minimum absolute atomic E-state index is 0.113. The molecule has 28 heavy (non-hydrogen) atoms. The largest absolute Gasteiger partial charge is 0.271 e. The third-order valence-corrected chi connectivity index (χ3v) is 5.51. The Kier molecular flexibility index (Phi) is 5.28. The number of anilines is 1. The highest BCUT2D eigenvalue weighted by atomic mass is 35.5. The van der Waals surface area contributed by atoms with Crippen LogP contribution in [0.15, 0.2) is 82.8 Å². The summed E-state index contributed by atoms with van der Waals surface area (Å²) in [4.78, 5) is 24.1. The summed E-state index contributed by atoms with van der Waals surface area (Å²) in [6, 6.07) is 21.0. The molecule has 4 rings (SSSR count). The van der Waals surface area contributed by atoms with Crippen LogP contribution in [-0.2, 0) is 4.79 Å². The van der Waals surface area contributed by atoms with E-state index < -0.39 is 0 Å². The molecular formula is C22H16ClN3OS. The minimum atomic E-state index is -0.113. The molecular weight excluding hydrogens is 390 g/mol. The molecule has 2 heterocycles. The molecule has 1 aliphatic heterocycles. The van der Waals surface area contributed by atoms with Gasteiger partial charge in [0.25, 0.3) is 5.91 Å². The number of para-hydroxylation sites is 1. The smallest absolute Gasteiger partial charge is 0.268 e. The molecule has 4 nitrogen and oxygen atoms in total. The van der Waals surface area contributed by atoms with Crippen molar-refractivity contribution in [3.8, 4) is 0 Å². The minimum Gasteiger partial charge on any atom is -0.268 e. The molecule has 3 aromatic rings. The third kappa shape index (κ3) is 3.72. The number of aryl methyl sites for hydroxylation is 1. The highest BCUT2D eigenvalue weighted by Crippen LogP contribution is 2.38. The van der Waals surface area contributed by atoms with Gasteiger partial charge in [-0.25, -0.2) is 9.98 Å². The van der Waals surface area contributed by atoms with Crippen molar-refractivity contribution in [3.63, 3.8) is 0 Å². The maximum absolute atomic E-state index is 13.2. The average Bonchev–Trinajstić information content (AvgIpc) is 3.01. The van der Waals surface area contributed by atoms with Crippen molar-refractivity contribution in [2.45, 2.75) is 6.92 Å². The second kappa shape index (κ2) is 8.00. The fourth-order valence-electron chi connectivity index (χ4n) is 2.81. The summed E-state index contributed by atoms with van der Waals surface area (Å²) in [5.41, 5.74) is 3.40. The molecule has 0 radical (unpaired) electrons. The van der Waals surface area contributed by atoms with Crippen LogP contribution in [0.25, 0.3) is 6.08 Å². The molecule has 1 saturated heterocycles. The predicted molar refractivity (Wildman–Crippen MR) is 117 cm³/mol. The second-order valence-electron chi connectivity index (χ2n) is 6.15. The first kappa shape index (κ1) is 18.5. The first-order chi connectivity index (χ1) is 13.6. The van der Waals surface area contributed by atoms with E-state index in [2.05, 4.69) is 9.98 Å². The summed E-state index contributed by atoms with van der Waals surface area (Å²) in [7, 11) is 0. The van der Waals surface area contributed by atoms with Crippen molar-refractivity contribution < 1.29 is 4.79 Å². The molecule has 6 heteroatoms. The number of nitrogens with zero attached hydrogens (tertiary/aromatic N) is 3. The topological polar surface area (TPSA) is 45.6 Å². The number of aromatic nitrogens is 1. The molecule has 1 fully saturated rings. The predicted octanol–water partition coefficient (Wildman–Crippen LogP) is 5.85. The summed E-state index contributed by atoms with van der Waals surface area (Å²) in [5.74, 6) is -0.113. The van der Waals surface area contributed by atoms with Gasteiger partial charge in [-0.05, 0) is 60.2 Å². The maximum atomic E-state index is 13.2. The number of hydrogen-bond donors (Lipinski definition) is 0. The molecule has 0 N–H and O–H groups in total. The van der Waals surface area contributed by atoms with Crippen LogP contribution in [0.1, 0.15) is 11.1 Å². The Hall–Kier alpha value is -2.89. The molecule has 0 atom stereocenters. The lowest BCUT2D eigenvalue weighted by Crippen LogP contribution is -2.28. The van der Waals surface area contributed by atoms with Gasteiger partial charge in [0.2, 0.25) is 0 Å². The van der Waals surface area contributed by atoms with Gasteiger partial charge in [0.15, 0.2) is 10.3 Å². The van der Waals surface area contributed by atoms with Crippen molar-refractivity contribution in [3.05, 3.63) is 94.1 Å². The zero-order valence-electron chi connectivity index (χ0n) is 15.0. The highest BCUT2D eigenvalue weighted by molar-refractivity contribution is 8.19. The van der Waals surface area contributed by atoms with E-state index in [1.165, 1.54) is 11.8 Å². The Morgan fingerprint density at radius 2 is 1.79 bits per heavy atom. The van der Waals surface area contributed by atoms with E-state index in [4.69, 9.17) is 11.6 Å². The number of aliphatic imine (C=N–C) groups is 1. The highest BCUT2D eigenvalue weighted by Gasteiger charge is 2.34. The number of carbonyl (C=O) groups excluding carboxylic acids is 1. The first-order valence-corrected chi connectivity index (χ1v) is 9.87. The standard InChI is InChI=1S/C22H16ClN3OS/c1-15-8-5-6-9-16(15)14-19-21(27)26(17-10-3-2-4-11-17)22(28-19)25-18-12-7-13-24-20(18)23/h2-14H,1H3/b19-14-,25-22?. The van der Waals surface area contributed by atoms with Crippen molar-refractivity contribution in [2.24, 2.45) is 4.99 Å². The average molecular weight is 406 g/mol. The van der Waals surface area contributed by atoms with Crippen molar-refractivity contribution in [2.75, 3.05) is 4.90 Å². The Bertz CT molecular complexity index is 1100. The monoisotopic (exact) mass is 405 g/mol. The van der Waals surface area contributed by atoms with Gasteiger partial charge in [0.1, 0.15) is 5.69 Å². The number of halogens is 1. The van der Waals surface area contributed by atoms with Gasteiger partial charge in [0, 0.05) is 6.20 Å². The van der Waals surface area contributed by atoms with Crippen molar-refractivity contribution in [1.29, 1.82) is 0 Å². The number of amidine groups is 1. The number of carbonyl (C=O) groups is 1. The van der Waals surface area contributed by atoms with E-state index in [0.29, 0.717) is 20.9 Å². The second-order valence-corrected chi connectivity index (χ2v) is 7.52. The Labute approximate surface area is 172 Å². The normalized spacial score (nSPS) is 16.9. The Balaban J connectivity index is 1.81. The fourth-order valence-corrected chi connectivity index (χ4v) is 3.95. The van der Waals surface area contributed by atoms with Crippen LogP contribution in [0, 0.1) is 6.92 Å². The number of amides is 1. The SMILES string of the molecule is Cc1ccccc1/C=C1\SC(=Nc2cccnc2Cl)N(c2ccccc2)C1=O. The van der Waals surface area contributed by atoms with Crippen LogP contribution in [0.5, 0.6) is 0 Å². The van der Waals surface area contributed by atoms with Gasteiger partial charge >= 0.3 is 0 Å². The summed E-state index contributed by atoms with van der Waals surface area (Å²) in [5, 5.41) is 0.846. The number of hydrogen-bond acceptors (Lipinski definition) is 4. The van der Waals surface area contributed by atoms with Gasteiger partial charge < -0.3 is 0 Å². The lowest BCUT2D eigenvalue weighted by atomic mass is 10.1. The van der Waals surface area contributed by atoms with Gasteiger partial charge in [-0.15, -0.1) is 0 Å². The molecule has 1 aromatic heterocycles. The summed E-state index contributed by atoms with van der Waals surface area (Å²) in [6.07, 6.45) is 3.52. The molecule has 0 spiro atoms. The van der Waals surface area contributed by atoms with Crippen LogP contribution in [0.4, 0.5) is 11.4 Å². The fraction of sp³-hybridized carbons (Fsp3) is 0.0455. The molecule has 0 unspecified atom stereocenters. The van der Waals surface area contributed by atoms with E-state index in [0.717, 1.165) is 16.8 Å². The number of pyridine rings is 1. The van der Waals surface area contributed by atoms with Crippen LogP contribution in [0.2, 0.25) is 5.15 Å². The Morgan fingerprint density at radius 1 is 1.04 bits per heavy atom. The quantitative estimate of drug-likeness (QED) is 0.405. The summed E-state index contributed by atoms with van der Waals surface area (Å²) in [6.45, 7) is 2.02. The lowest BCUT2D eigenvalue weighted by molar-refractivity contribution is -0.113. The van der Waals surface area contributed by atoms with E-state index in [1.54, 1.807) is 23.2 Å². The van der Waals surface area contributed by atoms with E-state index in [1.807, 2.05) is 67.6 Å². The van der Waals surface area contributed by atoms with Gasteiger partial charge in [-0.1, -0.05) is 54.1 Å². The van der Waals surface area contributed by atoms with E-state index >= 15 is 0 Å². The zero-order valence-corrected chi connectivity index (χ0v) is 16.6. The Morgan fingerprint density at radius 3 is 2.54 bits per heavy atom. The first-order valence-electron chi connectivity index (χ1n) is 8.67. The van der Waals surface area contributed by atoms with Crippen molar-refractivity contribution >= 4 is 51.9 Å². The number of rotatable bonds is 3. The molecule has 138 valence electrons. The summed E-state index contributed by atoms with van der Waals surface area (Å²) < 4.78 is 0. The number of thioether (sulfide) groups is 1. The van der Waals surface area contributed by atoms with Gasteiger partial charge in [-0.3, -0.25) is 9.69 Å².